The van der Waals surface area contributed by atoms with Gasteiger partial charge >= 0.3 is 0 Å². The first kappa shape index (κ1) is 13.8. The van der Waals surface area contributed by atoms with Crippen LogP contribution in [0.3, 0.4) is 0 Å². The molecule has 0 N–H and O–H groups in total. The molecular formula is C13H14BrClFNO. The maximum absolute atomic E-state index is 13.8. The van der Waals surface area contributed by atoms with Gasteiger partial charge in [-0.25, -0.2) is 4.39 Å². The van der Waals surface area contributed by atoms with Gasteiger partial charge in [-0.2, -0.15) is 0 Å². The number of benzene rings is 1. The molecule has 18 heavy (non-hydrogen) atoms. The molecule has 2 nitrogen and oxygen atoms in total. The SMILES string of the molecule is CC1CN(C(=O)c2cccc(Cl)c2F)CCC1Br. The Hall–Kier alpha value is -0.610. The molecule has 0 aromatic heterocycles. The van der Waals surface area contributed by atoms with Crippen molar-refractivity contribution in [2.45, 2.75) is 18.2 Å². The highest BCUT2D eigenvalue weighted by Gasteiger charge is 2.28. The number of hydrogen-bond donors (Lipinski definition) is 0. The minimum Gasteiger partial charge on any atom is -0.338 e. The first-order valence-corrected chi connectivity index (χ1v) is 7.17. The largest absolute Gasteiger partial charge is 0.338 e. The standard InChI is InChI=1S/C13H14BrClFNO/c1-8-7-17(6-5-10(8)14)13(18)9-3-2-4-11(15)12(9)16/h2-4,8,10H,5-7H2,1H3. The van der Waals surface area contributed by atoms with Gasteiger partial charge in [-0.15, -0.1) is 0 Å². The molecule has 2 atom stereocenters. The predicted octanol–water partition coefficient (Wildman–Crippen LogP) is 3.72. The van der Waals surface area contributed by atoms with E-state index in [1.807, 2.05) is 0 Å². The van der Waals surface area contributed by atoms with Crippen LogP contribution in [0.15, 0.2) is 18.2 Å². The van der Waals surface area contributed by atoms with E-state index in [1.54, 1.807) is 11.0 Å². The Labute approximate surface area is 119 Å². The Morgan fingerprint density at radius 3 is 2.94 bits per heavy atom. The van der Waals surface area contributed by atoms with Gasteiger partial charge in [0.25, 0.3) is 5.91 Å². The zero-order chi connectivity index (χ0) is 13.3. The van der Waals surface area contributed by atoms with Crippen molar-refractivity contribution in [2.75, 3.05) is 13.1 Å². The van der Waals surface area contributed by atoms with Crippen molar-refractivity contribution in [2.24, 2.45) is 5.92 Å². The van der Waals surface area contributed by atoms with E-state index in [1.165, 1.54) is 12.1 Å². The summed E-state index contributed by atoms with van der Waals surface area (Å²) < 4.78 is 13.8. The average molecular weight is 335 g/mol. The van der Waals surface area contributed by atoms with Crippen LogP contribution in [0.1, 0.15) is 23.7 Å². The third kappa shape index (κ3) is 2.69. The summed E-state index contributed by atoms with van der Waals surface area (Å²) in [4.78, 5) is 14.4. The van der Waals surface area contributed by atoms with Gasteiger partial charge in [0.05, 0.1) is 10.6 Å². The summed E-state index contributed by atoms with van der Waals surface area (Å²) in [6.45, 7) is 3.36. The molecule has 98 valence electrons. The first-order chi connectivity index (χ1) is 8.50. The first-order valence-electron chi connectivity index (χ1n) is 5.88. The number of amides is 1. The molecule has 2 unspecified atom stereocenters. The molecule has 5 heteroatoms. The molecule has 1 amide bonds. The van der Waals surface area contributed by atoms with E-state index in [0.717, 1.165) is 6.42 Å². The number of halogens is 3. The van der Waals surface area contributed by atoms with Crippen LogP contribution in [0.5, 0.6) is 0 Å². The smallest absolute Gasteiger partial charge is 0.256 e. The normalized spacial score (nSPS) is 24.1. The second kappa shape index (κ2) is 5.57. The van der Waals surface area contributed by atoms with Crippen molar-refractivity contribution in [1.82, 2.24) is 4.90 Å². The zero-order valence-electron chi connectivity index (χ0n) is 10.00. The van der Waals surface area contributed by atoms with E-state index in [2.05, 4.69) is 22.9 Å². The molecule has 0 radical (unpaired) electrons. The van der Waals surface area contributed by atoms with Crippen LogP contribution in [-0.4, -0.2) is 28.7 Å². The number of carbonyl (C=O) groups is 1. The number of nitrogens with zero attached hydrogens (tertiary/aromatic N) is 1. The fraction of sp³-hybridized carbons (Fsp3) is 0.462. The van der Waals surface area contributed by atoms with E-state index < -0.39 is 5.82 Å². The minimum atomic E-state index is -0.627. The van der Waals surface area contributed by atoms with E-state index in [9.17, 15) is 9.18 Å². The van der Waals surface area contributed by atoms with Crippen LogP contribution in [0.25, 0.3) is 0 Å². The van der Waals surface area contributed by atoms with Crippen LogP contribution in [-0.2, 0) is 0 Å². The lowest BCUT2D eigenvalue weighted by Crippen LogP contribution is -2.43. The molecule has 1 heterocycles. The Morgan fingerprint density at radius 1 is 1.56 bits per heavy atom. The molecule has 0 spiro atoms. The number of piperidine rings is 1. The molecular weight excluding hydrogens is 321 g/mol. The quantitative estimate of drug-likeness (QED) is 0.717. The lowest BCUT2D eigenvalue weighted by Gasteiger charge is -2.34. The Kier molecular flexibility index (Phi) is 4.28. The number of hydrogen-bond acceptors (Lipinski definition) is 1. The average Bonchev–Trinajstić information content (AvgIpc) is 2.35. The molecule has 0 aliphatic carbocycles. The van der Waals surface area contributed by atoms with E-state index in [0.29, 0.717) is 23.8 Å². The highest BCUT2D eigenvalue weighted by atomic mass is 79.9. The van der Waals surface area contributed by atoms with Gasteiger partial charge in [-0.05, 0) is 24.5 Å². The lowest BCUT2D eigenvalue weighted by atomic mass is 9.99. The maximum atomic E-state index is 13.8. The Morgan fingerprint density at radius 2 is 2.28 bits per heavy atom. The van der Waals surface area contributed by atoms with Crippen LogP contribution in [0.4, 0.5) is 4.39 Å². The topological polar surface area (TPSA) is 20.3 Å². The third-order valence-corrected chi connectivity index (χ3v) is 4.92. The fourth-order valence-corrected chi connectivity index (χ4v) is 2.69. The van der Waals surface area contributed by atoms with Crippen molar-refractivity contribution >= 4 is 33.4 Å². The number of rotatable bonds is 1. The van der Waals surface area contributed by atoms with Crippen molar-refractivity contribution in [3.05, 3.63) is 34.6 Å². The Balaban J connectivity index is 2.19. The summed E-state index contributed by atoms with van der Waals surface area (Å²) >= 11 is 9.27. The minimum absolute atomic E-state index is 0.00993. The molecule has 1 aliphatic rings. The van der Waals surface area contributed by atoms with Gasteiger partial charge in [0.15, 0.2) is 5.82 Å². The van der Waals surface area contributed by atoms with E-state index in [-0.39, 0.29) is 16.5 Å². The molecule has 1 aromatic carbocycles. The van der Waals surface area contributed by atoms with Crippen LogP contribution >= 0.6 is 27.5 Å². The van der Waals surface area contributed by atoms with E-state index in [4.69, 9.17) is 11.6 Å². The molecule has 1 aliphatic heterocycles. The molecule has 0 saturated carbocycles. The summed E-state index contributed by atoms with van der Waals surface area (Å²) in [5.41, 5.74) is 0.0581. The monoisotopic (exact) mass is 333 g/mol. The van der Waals surface area contributed by atoms with Gasteiger partial charge in [-0.1, -0.05) is 40.5 Å². The van der Waals surface area contributed by atoms with E-state index >= 15 is 0 Å². The van der Waals surface area contributed by atoms with Gasteiger partial charge in [0.2, 0.25) is 0 Å². The van der Waals surface area contributed by atoms with Crippen molar-refractivity contribution in [3.8, 4) is 0 Å². The number of carbonyl (C=O) groups excluding carboxylic acids is 1. The fourth-order valence-electron chi connectivity index (χ4n) is 2.14. The van der Waals surface area contributed by atoms with Gasteiger partial charge in [-0.3, -0.25) is 4.79 Å². The van der Waals surface area contributed by atoms with Gasteiger partial charge in [0.1, 0.15) is 0 Å². The molecule has 1 aromatic rings. The summed E-state index contributed by atoms with van der Waals surface area (Å²) in [5.74, 6) is -0.538. The van der Waals surface area contributed by atoms with Crippen molar-refractivity contribution < 1.29 is 9.18 Å². The van der Waals surface area contributed by atoms with Crippen molar-refractivity contribution in [3.63, 3.8) is 0 Å². The predicted molar refractivity (Wildman–Crippen MR) is 73.8 cm³/mol. The third-order valence-electron chi connectivity index (χ3n) is 3.27. The molecule has 1 saturated heterocycles. The summed E-state index contributed by atoms with van der Waals surface area (Å²) in [6, 6.07) is 4.52. The number of likely N-dealkylation sites (tertiary alicyclic amines) is 1. The second-order valence-corrected chi connectivity index (χ2v) is 6.22. The van der Waals surface area contributed by atoms with Gasteiger partial charge in [0, 0.05) is 17.9 Å². The zero-order valence-corrected chi connectivity index (χ0v) is 12.3. The molecule has 1 fully saturated rings. The summed E-state index contributed by atoms with van der Waals surface area (Å²) in [5, 5.41) is -0.00993. The van der Waals surface area contributed by atoms with Crippen LogP contribution in [0, 0.1) is 11.7 Å². The lowest BCUT2D eigenvalue weighted by molar-refractivity contribution is 0.0686. The van der Waals surface area contributed by atoms with Gasteiger partial charge < -0.3 is 4.90 Å². The number of alkyl halides is 1. The summed E-state index contributed by atoms with van der Waals surface area (Å²) in [7, 11) is 0. The maximum Gasteiger partial charge on any atom is 0.256 e. The highest BCUT2D eigenvalue weighted by Crippen LogP contribution is 2.26. The Bertz CT molecular complexity index is 468. The van der Waals surface area contributed by atoms with Crippen molar-refractivity contribution in [1.29, 1.82) is 0 Å². The molecule has 2 rings (SSSR count). The second-order valence-electron chi connectivity index (χ2n) is 4.63. The highest BCUT2D eigenvalue weighted by molar-refractivity contribution is 9.09. The van der Waals surface area contributed by atoms with Crippen LogP contribution < -0.4 is 0 Å². The van der Waals surface area contributed by atoms with Crippen LogP contribution in [0.2, 0.25) is 5.02 Å². The molecule has 0 bridgehead atoms. The summed E-state index contributed by atoms with van der Waals surface area (Å²) in [6.07, 6.45) is 0.884.